The second-order valence-corrected chi connectivity index (χ2v) is 6.07. The van der Waals surface area contributed by atoms with Crippen LogP contribution in [-0.2, 0) is 0 Å². The molecule has 0 radical (unpaired) electrons. The van der Waals surface area contributed by atoms with Crippen molar-refractivity contribution in [1.82, 2.24) is 0 Å². The molecule has 15 heavy (non-hydrogen) atoms. The minimum Gasteiger partial charge on any atom is -0.396 e. The molecule has 1 saturated carbocycles. The first-order chi connectivity index (χ1) is 7.06. The average Bonchev–Trinajstić information content (AvgIpc) is 2.75. The molecule has 1 aliphatic rings. The standard InChI is InChI=1S/C13H17IO/c1-7-4-8(2)11(9(3)5-7)12-10(6-15)13(12)14/h4-5,10,12-13,15H,6H2,1-3H3/t10-,12+,13+/m1/s1. The number of hydrogen-bond donors (Lipinski definition) is 1. The van der Waals surface area contributed by atoms with E-state index in [-0.39, 0.29) is 0 Å². The zero-order chi connectivity index (χ0) is 11.2. The third-order valence-electron chi connectivity index (χ3n) is 3.35. The molecule has 2 rings (SSSR count). The lowest BCUT2D eigenvalue weighted by molar-refractivity contribution is 0.275. The first-order valence-electron chi connectivity index (χ1n) is 5.39. The zero-order valence-corrected chi connectivity index (χ0v) is 11.6. The van der Waals surface area contributed by atoms with Crippen LogP contribution in [0.15, 0.2) is 12.1 Å². The largest absolute Gasteiger partial charge is 0.396 e. The maximum atomic E-state index is 9.24. The molecular formula is C13H17IO. The normalized spacial score (nSPS) is 29.3. The quantitative estimate of drug-likeness (QED) is 0.656. The van der Waals surface area contributed by atoms with Gasteiger partial charge in [0.05, 0.1) is 0 Å². The Morgan fingerprint density at radius 1 is 1.20 bits per heavy atom. The van der Waals surface area contributed by atoms with Gasteiger partial charge in [-0.3, -0.25) is 0 Å². The number of halogens is 1. The summed E-state index contributed by atoms with van der Waals surface area (Å²) in [6.45, 7) is 6.84. The van der Waals surface area contributed by atoms with E-state index in [2.05, 4.69) is 55.5 Å². The maximum absolute atomic E-state index is 9.24. The molecule has 2 heteroatoms. The number of hydrogen-bond acceptors (Lipinski definition) is 1. The van der Waals surface area contributed by atoms with Gasteiger partial charge in [-0.25, -0.2) is 0 Å². The Morgan fingerprint density at radius 2 is 1.73 bits per heavy atom. The van der Waals surface area contributed by atoms with E-state index >= 15 is 0 Å². The Labute approximate surface area is 105 Å². The first-order valence-corrected chi connectivity index (χ1v) is 6.63. The van der Waals surface area contributed by atoms with Gasteiger partial charge in [0.1, 0.15) is 0 Å². The summed E-state index contributed by atoms with van der Waals surface area (Å²) in [6.07, 6.45) is 0. The smallest absolute Gasteiger partial charge is 0.0475 e. The topological polar surface area (TPSA) is 20.2 Å². The summed E-state index contributed by atoms with van der Waals surface area (Å²) in [5.41, 5.74) is 5.57. The number of aryl methyl sites for hydroxylation is 3. The van der Waals surface area contributed by atoms with E-state index in [1.807, 2.05) is 0 Å². The van der Waals surface area contributed by atoms with Crippen molar-refractivity contribution in [3.63, 3.8) is 0 Å². The van der Waals surface area contributed by atoms with Crippen LogP contribution >= 0.6 is 22.6 Å². The van der Waals surface area contributed by atoms with Crippen LogP contribution in [0.5, 0.6) is 0 Å². The van der Waals surface area contributed by atoms with Gasteiger partial charge in [0.25, 0.3) is 0 Å². The van der Waals surface area contributed by atoms with Crippen molar-refractivity contribution in [1.29, 1.82) is 0 Å². The molecule has 1 aliphatic carbocycles. The fourth-order valence-electron chi connectivity index (χ4n) is 2.64. The van der Waals surface area contributed by atoms with E-state index in [9.17, 15) is 5.11 Å². The maximum Gasteiger partial charge on any atom is 0.0475 e. The van der Waals surface area contributed by atoms with Crippen LogP contribution in [0.4, 0.5) is 0 Å². The highest BCUT2D eigenvalue weighted by Gasteiger charge is 2.49. The molecule has 0 heterocycles. The average molecular weight is 316 g/mol. The molecule has 1 fully saturated rings. The predicted octanol–water partition coefficient (Wildman–Crippen LogP) is 3.12. The van der Waals surface area contributed by atoms with Gasteiger partial charge in [-0.2, -0.15) is 0 Å². The lowest BCUT2D eigenvalue weighted by Crippen LogP contribution is -1.96. The highest BCUT2D eigenvalue weighted by atomic mass is 127. The Bertz CT molecular complexity index is 363. The zero-order valence-electron chi connectivity index (χ0n) is 9.42. The van der Waals surface area contributed by atoms with Crippen LogP contribution in [0.2, 0.25) is 0 Å². The minimum absolute atomic E-state index is 0.324. The highest BCUT2D eigenvalue weighted by molar-refractivity contribution is 14.1. The third-order valence-corrected chi connectivity index (χ3v) is 5.05. The van der Waals surface area contributed by atoms with Gasteiger partial charge in [-0.05, 0) is 37.5 Å². The Balaban J connectivity index is 2.38. The summed E-state index contributed by atoms with van der Waals surface area (Å²) in [5.74, 6) is 1.06. The van der Waals surface area contributed by atoms with Gasteiger partial charge in [0, 0.05) is 22.4 Å². The van der Waals surface area contributed by atoms with Gasteiger partial charge in [0.2, 0.25) is 0 Å². The molecule has 0 amide bonds. The summed E-state index contributed by atoms with van der Waals surface area (Å²) in [6, 6.07) is 4.50. The van der Waals surface area contributed by atoms with Gasteiger partial charge in [-0.1, -0.05) is 40.3 Å². The van der Waals surface area contributed by atoms with Crippen LogP contribution in [0, 0.1) is 26.7 Å². The molecule has 1 aromatic carbocycles. The Hall–Kier alpha value is -0.0900. The second-order valence-electron chi connectivity index (χ2n) is 4.63. The lowest BCUT2D eigenvalue weighted by atomic mass is 9.95. The fourth-order valence-corrected chi connectivity index (χ4v) is 3.96. The molecule has 3 atom stereocenters. The number of aliphatic hydroxyl groups excluding tert-OH is 1. The van der Waals surface area contributed by atoms with E-state index in [1.165, 1.54) is 22.3 Å². The van der Waals surface area contributed by atoms with Gasteiger partial charge < -0.3 is 5.11 Å². The molecule has 82 valence electrons. The second kappa shape index (κ2) is 4.06. The van der Waals surface area contributed by atoms with E-state index in [1.54, 1.807) is 0 Å². The van der Waals surface area contributed by atoms with Crippen LogP contribution in [0.1, 0.15) is 28.2 Å². The summed E-state index contributed by atoms with van der Waals surface area (Å²) in [4.78, 5) is 0. The van der Waals surface area contributed by atoms with Gasteiger partial charge >= 0.3 is 0 Å². The van der Waals surface area contributed by atoms with Crippen molar-refractivity contribution in [2.75, 3.05) is 6.61 Å². The fraction of sp³-hybridized carbons (Fsp3) is 0.538. The monoisotopic (exact) mass is 316 g/mol. The van der Waals surface area contributed by atoms with Crippen molar-refractivity contribution in [3.05, 3.63) is 34.4 Å². The minimum atomic E-state index is 0.324. The van der Waals surface area contributed by atoms with Crippen LogP contribution < -0.4 is 0 Å². The van der Waals surface area contributed by atoms with Crippen LogP contribution in [0.25, 0.3) is 0 Å². The van der Waals surface area contributed by atoms with Gasteiger partial charge in [-0.15, -0.1) is 0 Å². The van der Waals surface area contributed by atoms with Crippen LogP contribution in [0.3, 0.4) is 0 Å². The number of rotatable bonds is 2. The van der Waals surface area contributed by atoms with E-state index < -0.39 is 0 Å². The molecule has 0 saturated heterocycles. The molecule has 0 bridgehead atoms. The number of alkyl halides is 1. The molecule has 1 aromatic rings. The number of benzene rings is 1. The van der Waals surface area contributed by atoms with Gasteiger partial charge in [0.15, 0.2) is 0 Å². The third kappa shape index (κ3) is 1.94. The lowest BCUT2D eigenvalue weighted by Gasteiger charge is -2.10. The Morgan fingerprint density at radius 3 is 2.13 bits per heavy atom. The summed E-state index contributed by atoms with van der Waals surface area (Å²) in [5, 5.41) is 9.24. The Kier molecular flexibility index (Phi) is 3.08. The molecule has 1 N–H and O–H groups in total. The summed E-state index contributed by atoms with van der Waals surface area (Å²) < 4.78 is 0.618. The molecule has 0 unspecified atom stereocenters. The predicted molar refractivity (Wildman–Crippen MR) is 71.8 cm³/mol. The summed E-state index contributed by atoms with van der Waals surface area (Å²) >= 11 is 2.46. The molecule has 0 aliphatic heterocycles. The SMILES string of the molecule is Cc1cc(C)c([C@H]2[C@@H](I)[C@@H]2CO)c(C)c1. The molecule has 0 aromatic heterocycles. The van der Waals surface area contributed by atoms with Crippen molar-refractivity contribution in [2.24, 2.45) is 5.92 Å². The summed E-state index contributed by atoms with van der Waals surface area (Å²) in [7, 11) is 0. The van der Waals surface area contributed by atoms with Crippen molar-refractivity contribution in [3.8, 4) is 0 Å². The van der Waals surface area contributed by atoms with E-state index in [0.29, 0.717) is 22.4 Å². The molecular weight excluding hydrogens is 299 g/mol. The van der Waals surface area contributed by atoms with E-state index in [4.69, 9.17) is 0 Å². The van der Waals surface area contributed by atoms with Crippen molar-refractivity contribution in [2.45, 2.75) is 30.6 Å². The first kappa shape index (κ1) is 11.4. The molecule has 0 spiro atoms. The van der Waals surface area contributed by atoms with Crippen LogP contribution in [-0.4, -0.2) is 15.6 Å². The molecule has 1 nitrogen and oxygen atoms in total. The number of aliphatic hydroxyl groups is 1. The van der Waals surface area contributed by atoms with Crippen molar-refractivity contribution < 1.29 is 5.11 Å². The van der Waals surface area contributed by atoms with Crippen molar-refractivity contribution >= 4 is 22.6 Å². The van der Waals surface area contributed by atoms with E-state index in [0.717, 1.165) is 0 Å². The highest BCUT2D eigenvalue weighted by Crippen LogP contribution is 2.54.